The number of hydrogen-bond acceptors (Lipinski definition) is 1. The number of rotatable bonds is 6. The van der Waals surface area contributed by atoms with E-state index in [2.05, 4.69) is 22.6 Å². The Kier molecular flexibility index (Phi) is 7.07. The summed E-state index contributed by atoms with van der Waals surface area (Å²) in [5, 5.41) is 9.71. The van der Waals surface area contributed by atoms with Crippen molar-refractivity contribution in [1.82, 2.24) is 0 Å². The lowest BCUT2D eigenvalue weighted by Gasteiger charge is -2.22. The zero-order valence-corrected chi connectivity index (χ0v) is 9.86. The van der Waals surface area contributed by atoms with Crippen LogP contribution in [0.1, 0.15) is 32.6 Å². The Morgan fingerprint density at radius 2 is 1.91 bits per heavy atom. The summed E-state index contributed by atoms with van der Waals surface area (Å²) in [7, 11) is 0. The van der Waals surface area contributed by atoms with Crippen LogP contribution in [-0.2, 0) is 0 Å². The second-order valence-corrected chi connectivity index (χ2v) is 4.54. The number of alkyl halides is 2. The van der Waals surface area contributed by atoms with Gasteiger partial charge in [-0.25, -0.2) is 0 Å². The molecule has 0 aromatic carbocycles. The first-order valence-electron chi connectivity index (χ1n) is 3.97. The molecule has 68 valence electrons. The highest BCUT2D eigenvalue weighted by Crippen LogP contribution is 2.19. The van der Waals surface area contributed by atoms with Crippen molar-refractivity contribution in [3.8, 4) is 0 Å². The van der Waals surface area contributed by atoms with E-state index in [9.17, 15) is 5.11 Å². The predicted octanol–water partition coefficient (Wildman–Crippen LogP) is 2.97. The lowest BCUT2D eigenvalue weighted by molar-refractivity contribution is 0.0412. The monoisotopic (exact) mass is 290 g/mol. The molecule has 0 aromatic rings. The van der Waals surface area contributed by atoms with E-state index in [-0.39, 0.29) is 0 Å². The van der Waals surface area contributed by atoms with Gasteiger partial charge < -0.3 is 5.11 Å². The minimum Gasteiger partial charge on any atom is -0.390 e. The summed E-state index contributed by atoms with van der Waals surface area (Å²) in [5.74, 6) is 0.653. The summed E-state index contributed by atoms with van der Waals surface area (Å²) < 4.78 is 1.12. The maximum Gasteiger partial charge on any atom is 0.0620 e. The van der Waals surface area contributed by atoms with E-state index in [4.69, 9.17) is 11.6 Å². The van der Waals surface area contributed by atoms with Crippen molar-refractivity contribution in [2.24, 2.45) is 0 Å². The van der Waals surface area contributed by atoms with Crippen molar-refractivity contribution in [3.63, 3.8) is 0 Å². The molecule has 1 unspecified atom stereocenters. The fourth-order valence-corrected chi connectivity index (χ4v) is 1.54. The van der Waals surface area contributed by atoms with Crippen LogP contribution >= 0.6 is 34.2 Å². The van der Waals surface area contributed by atoms with Crippen molar-refractivity contribution in [1.29, 1.82) is 0 Å². The Balaban J connectivity index is 3.43. The van der Waals surface area contributed by atoms with Crippen LogP contribution < -0.4 is 0 Å². The molecule has 0 aromatic heterocycles. The molecule has 0 aliphatic heterocycles. The largest absolute Gasteiger partial charge is 0.390 e. The summed E-state index contributed by atoms with van der Waals surface area (Å²) in [6, 6.07) is 0. The second-order valence-electron chi connectivity index (χ2n) is 3.08. The smallest absolute Gasteiger partial charge is 0.0620 e. The van der Waals surface area contributed by atoms with Gasteiger partial charge in [-0.15, -0.1) is 11.6 Å². The van der Waals surface area contributed by atoms with Crippen molar-refractivity contribution in [2.45, 2.75) is 38.2 Å². The van der Waals surface area contributed by atoms with E-state index < -0.39 is 5.60 Å². The highest BCUT2D eigenvalue weighted by molar-refractivity contribution is 14.1. The summed E-state index contributed by atoms with van der Waals surface area (Å²) in [4.78, 5) is 0. The minimum atomic E-state index is -0.486. The number of aliphatic hydroxyl groups is 1. The lowest BCUT2D eigenvalue weighted by Crippen LogP contribution is -2.23. The van der Waals surface area contributed by atoms with Crippen LogP contribution in [-0.4, -0.2) is 21.0 Å². The molecule has 0 saturated carbocycles. The second kappa shape index (κ2) is 6.49. The molecule has 0 aliphatic carbocycles. The zero-order chi connectivity index (χ0) is 8.74. The van der Waals surface area contributed by atoms with Crippen molar-refractivity contribution in [3.05, 3.63) is 0 Å². The van der Waals surface area contributed by atoms with Gasteiger partial charge in [0, 0.05) is 5.88 Å². The van der Waals surface area contributed by atoms with Gasteiger partial charge >= 0.3 is 0 Å². The third-order valence-electron chi connectivity index (χ3n) is 1.70. The zero-order valence-electron chi connectivity index (χ0n) is 6.95. The normalized spacial score (nSPS) is 16.4. The van der Waals surface area contributed by atoms with Crippen LogP contribution in [0.25, 0.3) is 0 Å². The van der Waals surface area contributed by atoms with Gasteiger partial charge in [-0.2, -0.15) is 0 Å². The molecular weight excluding hydrogens is 274 g/mol. The summed E-state index contributed by atoms with van der Waals surface area (Å²) in [6.45, 7) is 1.89. The SMILES string of the molecule is CC(O)(CCCCl)CCCI. The minimum absolute atomic E-state index is 0.486. The molecule has 0 bridgehead atoms. The van der Waals surface area contributed by atoms with Crippen LogP contribution in [0.15, 0.2) is 0 Å². The van der Waals surface area contributed by atoms with Crippen molar-refractivity contribution in [2.75, 3.05) is 10.3 Å². The molecule has 0 amide bonds. The highest BCUT2D eigenvalue weighted by Gasteiger charge is 2.18. The van der Waals surface area contributed by atoms with Gasteiger partial charge in [-0.3, -0.25) is 0 Å². The van der Waals surface area contributed by atoms with Gasteiger partial charge in [0.1, 0.15) is 0 Å². The molecule has 0 fully saturated rings. The summed E-state index contributed by atoms with van der Waals surface area (Å²) in [6.07, 6.45) is 3.73. The quantitative estimate of drug-likeness (QED) is 0.589. The standard InChI is InChI=1S/C8H16ClIO/c1-8(11,4-2-6-9)5-3-7-10/h11H,2-7H2,1H3. The maximum absolute atomic E-state index is 9.71. The molecule has 1 nitrogen and oxygen atoms in total. The molecule has 11 heavy (non-hydrogen) atoms. The van der Waals surface area contributed by atoms with Gasteiger partial charge in [-0.1, -0.05) is 22.6 Å². The molecule has 0 heterocycles. The molecule has 0 aliphatic rings. The molecule has 1 N–H and O–H groups in total. The van der Waals surface area contributed by atoms with E-state index in [0.717, 1.165) is 30.1 Å². The van der Waals surface area contributed by atoms with E-state index >= 15 is 0 Å². The van der Waals surface area contributed by atoms with Crippen LogP contribution in [0.3, 0.4) is 0 Å². The van der Waals surface area contributed by atoms with Crippen LogP contribution in [0.2, 0.25) is 0 Å². The predicted molar refractivity (Wildman–Crippen MR) is 58.7 cm³/mol. The average Bonchev–Trinajstić information content (AvgIpc) is 1.97. The first-order valence-corrected chi connectivity index (χ1v) is 6.03. The Labute approximate surface area is 87.7 Å². The molecule has 0 radical (unpaired) electrons. The van der Waals surface area contributed by atoms with E-state index in [1.807, 2.05) is 6.92 Å². The van der Waals surface area contributed by atoms with Crippen molar-refractivity contribution >= 4 is 34.2 Å². The van der Waals surface area contributed by atoms with Crippen LogP contribution in [0.4, 0.5) is 0 Å². The van der Waals surface area contributed by atoms with E-state index in [1.54, 1.807) is 0 Å². The third kappa shape index (κ3) is 7.34. The average molecular weight is 291 g/mol. The van der Waals surface area contributed by atoms with Crippen LogP contribution in [0.5, 0.6) is 0 Å². The Hall–Kier alpha value is 0.980. The lowest BCUT2D eigenvalue weighted by atomic mass is 9.95. The van der Waals surface area contributed by atoms with Gasteiger partial charge in [0.15, 0.2) is 0 Å². The molecular formula is C8H16ClIO. The van der Waals surface area contributed by atoms with E-state index in [1.165, 1.54) is 0 Å². The number of hydrogen-bond donors (Lipinski definition) is 1. The first kappa shape index (κ1) is 12.0. The Morgan fingerprint density at radius 1 is 1.36 bits per heavy atom. The molecule has 3 heteroatoms. The fourth-order valence-electron chi connectivity index (χ4n) is 1.02. The number of halogens is 2. The first-order chi connectivity index (χ1) is 5.12. The fraction of sp³-hybridized carbons (Fsp3) is 1.00. The third-order valence-corrected chi connectivity index (χ3v) is 2.73. The van der Waals surface area contributed by atoms with Crippen LogP contribution in [0, 0.1) is 0 Å². The van der Waals surface area contributed by atoms with Gasteiger partial charge in [0.05, 0.1) is 5.60 Å². The van der Waals surface area contributed by atoms with Gasteiger partial charge in [-0.05, 0) is 37.0 Å². The molecule has 0 spiro atoms. The summed E-state index contributed by atoms with van der Waals surface area (Å²) >= 11 is 7.86. The molecule has 0 saturated heterocycles. The topological polar surface area (TPSA) is 20.2 Å². The summed E-state index contributed by atoms with van der Waals surface area (Å²) in [5.41, 5.74) is -0.486. The molecule has 0 rings (SSSR count). The van der Waals surface area contributed by atoms with E-state index in [0.29, 0.717) is 5.88 Å². The highest BCUT2D eigenvalue weighted by atomic mass is 127. The maximum atomic E-state index is 9.71. The van der Waals surface area contributed by atoms with Crippen molar-refractivity contribution < 1.29 is 5.11 Å². The Morgan fingerprint density at radius 3 is 2.36 bits per heavy atom. The van der Waals surface area contributed by atoms with Gasteiger partial charge in [0.2, 0.25) is 0 Å². The Bertz CT molecular complexity index is 86.1. The molecule has 1 atom stereocenters. The van der Waals surface area contributed by atoms with Gasteiger partial charge in [0.25, 0.3) is 0 Å².